The lowest BCUT2D eigenvalue weighted by Crippen LogP contribution is -2.26. The summed E-state index contributed by atoms with van der Waals surface area (Å²) in [6.45, 7) is 8.95. The third kappa shape index (κ3) is 6.82. The zero-order valence-electron chi connectivity index (χ0n) is 26.3. The van der Waals surface area contributed by atoms with Gasteiger partial charge in [-0.2, -0.15) is 0 Å². The lowest BCUT2D eigenvalue weighted by atomic mass is 9.97. The number of rotatable bonds is 13. The monoisotopic (exact) mass is 613 g/mol. The van der Waals surface area contributed by atoms with Crippen LogP contribution in [0.5, 0.6) is 17.2 Å². The molecule has 9 nitrogen and oxygen atoms in total. The van der Waals surface area contributed by atoms with Gasteiger partial charge in [0.05, 0.1) is 30.9 Å². The summed E-state index contributed by atoms with van der Waals surface area (Å²) < 4.78 is 29.9. The summed E-state index contributed by atoms with van der Waals surface area (Å²) in [4.78, 5) is 40.6. The van der Waals surface area contributed by atoms with E-state index in [0.29, 0.717) is 45.9 Å². The lowest BCUT2D eigenvalue weighted by Gasteiger charge is -2.22. The van der Waals surface area contributed by atoms with Crippen molar-refractivity contribution in [2.24, 2.45) is 0 Å². The Balaban J connectivity index is 1.73. The van der Waals surface area contributed by atoms with Crippen LogP contribution in [0.1, 0.15) is 83.6 Å². The van der Waals surface area contributed by atoms with Gasteiger partial charge < -0.3 is 28.3 Å². The maximum Gasteiger partial charge on any atom is 0.355 e. The highest BCUT2D eigenvalue weighted by Crippen LogP contribution is 2.36. The highest BCUT2D eigenvalue weighted by Gasteiger charge is 2.26. The summed E-state index contributed by atoms with van der Waals surface area (Å²) in [5, 5.41) is 0.424. The summed E-state index contributed by atoms with van der Waals surface area (Å²) in [6, 6.07) is 16.2. The molecule has 0 radical (unpaired) electrons. The first-order valence-electron chi connectivity index (χ1n) is 15.5. The minimum absolute atomic E-state index is 0.0961. The predicted octanol–water partition coefficient (Wildman–Crippen LogP) is 6.46. The number of ether oxygens (including phenoxy) is 5. The summed E-state index contributed by atoms with van der Waals surface area (Å²) in [5.74, 6) is 0.839. The Morgan fingerprint density at radius 3 is 2.31 bits per heavy atom. The van der Waals surface area contributed by atoms with Crippen LogP contribution in [0.15, 0.2) is 59.4 Å². The van der Waals surface area contributed by atoms with E-state index in [2.05, 4.69) is 13.8 Å². The number of carbonyl (C=O) groups is 2. The Labute approximate surface area is 262 Å². The minimum Gasteiger partial charge on any atom is -0.494 e. The van der Waals surface area contributed by atoms with Crippen LogP contribution >= 0.6 is 0 Å². The van der Waals surface area contributed by atoms with E-state index in [1.807, 2.05) is 34.9 Å². The van der Waals surface area contributed by atoms with Crippen molar-refractivity contribution < 1.29 is 33.3 Å². The number of fused-ring (bicyclic) bond motifs is 2. The zero-order valence-corrected chi connectivity index (χ0v) is 26.3. The summed E-state index contributed by atoms with van der Waals surface area (Å²) in [5.41, 5.74) is 3.72. The highest BCUT2D eigenvalue weighted by atomic mass is 16.7. The van der Waals surface area contributed by atoms with Crippen LogP contribution < -0.4 is 19.6 Å². The van der Waals surface area contributed by atoms with Crippen molar-refractivity contribution in [3.05, 3.63) is 98.3 Å². The van der Waals surface area contributed by atoms with E-state index in [1.54, 1.807) is 38.1 Å². The van der Waals surface area contributed by atoms with Gasteiger partial charge in [0.15, 0.2) is 16.9 Å². The number of unbranched alkanes of at least 4 members (excludes halogenated alkanes) is 1. The van der Waals surface area contributed by atoms with E-state index in [1.165, 1.54) is 0 Å². The fourth-order valence-corrected chi connectivity index (χ4v) is 5.57. The second-order valence-corrected chi connectivity index (χ2v) is 10.8. The molecule has 0 spiro atoms. The molecule has 0 N–H and O–H groups in total. The molecular weight excluding hydrogens is 574 g/mol. The molecule has 4 aromatic rings. The average molecular weight is 614 g/mol. The molecule has 0 saturated heterocycles. The summed E-state index contributed by atoms with van der Waals surface area (Å²) >= 11 is 0. The molecule has 45 heavy (non-hydrogen) atoms. The van der Waals surface area contributed by atoms with Gasteiger partial charge in [0.1, 0.15) is 11.4 Å². The molecule has 1 aromatic heterocycles. The molecule has 236 valence electrons. The van der Waals surface area contributed by atoms with Gasteiger partial charge >= 0.3 is 11.9 Å². The number of hydrogen-bond acceptors (Lipinski definition) is 8. The summed E-state index contributed by atoms with van der Waals surface area (Å²) in [6.07, 6.45) is 2.68. The standard InChI is InChI=1S/C36H39NO8/c1-5-9-15-43-27-13-14-30-28(20-27)34(38)29(17-23-11-10-12-25(16-23)35(39)41-7-3)33(36(40)42-8-4)37(30)21-26-19-32-31(44-22-45-32)18-24(26)6-2/h10-14,16,18-20H,5-9,15,17,21-22H2,1-4H3. The average Bonchev–Trinajstić information content (AvgIpc) is 3.50. The van der Waals surface area contributed by atoms with Crippen LogP contribution in [-0.2, 0) is 28.9 Å². The quantitative estimate of drug-likeness (QED) is 0.125. The van der Waals surface area contributed by atoms with Gasteiger partial charge in [0, 0.05) is 23.9 Å². The number of hydrogen-bond donors (Lipinski definition) is 0. The first kappa shape index (κ1) is 31.6. The third-order valence-corrected chi connectivity index (χ3v) is 7.79. The van der Waals surface area contributed by atoms with Crippen LogP contribution in [0.3, 0.4) is 0 Å². The molecule has 2 heterocycles. The highest BCUT2D eigenvalue weighted by molar-refractivity contribution is 5.94. The molecule has 0 unspecified atom stereocenters. The molecular formula is C36H39NO8. The Kier molecular flexibility index (Phi) is 10.1. The number of aryl methyl sites for hydroxylation is 1. The summed E-state index contributed by atoms with van der Waals surface area (Å²) in [7, 11) is 0. The Morgan fingerprint density at radius 1 is 0.867 bits per heavy atom. The molecule has 3 aromatic carbocycles. The number of carbonyl (C=O) groups excluding carboxylic acids is 2. The number of esters is 2. The Morgan fingerprint density at radius 2 is 1.60 bits per heavy atom. The van der Waals surface area contributed by atoms with Crippen molar-refractivity contribution in [2.75, 3.05) is 26.6 Å². The zero-order chi connectivity index (χ0) is 31.9. The van der Waals surface area contributed by atoms with Gasteiger partial charge in [0.2, 0.25) is 6.79 Å². The second kappa shape index (κ2) is 14.3. The fourth-order valence-electron chi connectivity index (χ4n) is 5.57. The van der Waals surface area contributed by atoms with Gasteiger partial charge in [-0.1, -0.05) is 32.4 Å². The second-order valence-electron chi connectivity index (χ2n) is 10.8. The lowest BCUT2D eigenvalue weighted by molar-refractivity contribution is 0.0507. The van der Waals surface area contributed by atoms with Crippen molar-refractivity contribution in [3.8, 4) is 17.2 Å². The van der Waals surface area contributed by atoms with Gasteiger partial charge in [0.25, 0.3) is 0 Å². The largest absolute Gasteiger partial charge is 0.494 e. The van der Waals surface area contributed by atoms with Gasteiger partial charge in [-0.15, -0.1) is 0 Å². The molecule has 1 aliphatic rings. The molecule has 1 aliphatic heterocycles. The number of benzene rings is 3. The third-order valence-electron chi connectivity index (χ3n) is 7.79. The molecule has 0 saturated carbocycles. The van der Waals surface area contributed by atoms with Crippen LogP contribution in [0.25, 0.3) is 10.9 Å². The van der Waals surface area contributed by atoms with E-state index in [0.717, 1.165) is 30.4 Å². The van der Waals surface area contributed by atoms with E-state index >= 15 is 0 Å². The van der Waals surface area contributed by atoms with Gasteiger partial charge in [-0.05, 0) is 85.8 Å². The van der Waals surface area contributed by atoms with Gasteiger partial charge in [-0.25, -0.2) is 9.59 Å². The maximum absolute atomic E-state index is 14.3. The maximum atomic E-state index is 14.3. The first-order chi connectivity index (χ1) is 21.9. The molecule has 0 atom stereocenters. The van der Waals surface area contributed by atoms with Crippen LogP contribution in [0.4, 0.5) is 0 Å². The van der Waals surface area contributed by atoms with Crippen molar-refractivity contribution >= 4 is 22.8 Å². The molecule has 0 amide bonds. The van der Waals surface area contributed by atoms with Crippen molar-refractivity contribution in [2.45, 2.75) is 59.9 Å². The number of aromatic nitrogens is 1. The fraction of sp³-hybridized carbons (Fsp3) is 0.361. The van der Waals surface area contributed by atoms with Crippen molar-refractivity contribution in [3.63, 3.8) is 0 Å². The van der Waals surface area contributed by atoms with Crippen LogP contribution in [0, 0.1) is 0 Å². The molecule has 0 aliphatic carbocycles. The van der Waals surface area contributed by atoms with E-state index in [9.17, 15) is 14.4 Å². The Hall–Kier alpha value is -4.79. The SMILES string of the molecule is CCCCOc1ccc2c(c1)c(=O)c(Cc1cccc(C(=O)OCC)c1)c(C(=O)OCC)n2Cc1cc2c(cc1CC)OCO2. The van der Waals surface area contributed by atoms with E-state index in [4.69, 9.17) is 23.7 Å². The smallest absolute Gasteiger partial charge is 0.355 e. The van der Waals surface area contributed by atoms with E-state index < -0.39 is 11.9 Å². The molecule has 9 heteroatoms. The van der Waals surface area contributed by atoms with Gasteiger partial charge in [-0.3, -0.25) is 4.79 Å². The predicted molar refractivity (Wildman–Crippen MR) is 171 cm³/mol. The van der Waals surface area contributed by atoms with Crippen molar-refractivity contribution in [1.82, 2.24) is 4.57 Å². The van der Waals surface area contributed by atoms with E-state index in [-0.39, 0.29) is 49.7 Å². The topological polar surface area (TPSA) is 102 Å². The van der Waals surface area contributed by atoms with Crippen LogP contribution in [-0.4, -0.2) is 43.1 Å². The Bertz CT molecular complexity index is 1770. The number of pyridine rings is 1. The molecule has 0 fully saturated rings. The first-order valence-corrected chi connectivity index (χ1v) is 15.5. The van der Waals surface area contributed by atoms with Crippen LogP contribution in [0.2, 0.25) is 0 Å². The normalized spacial score (nSPS) is 11.9. The van der Waals surface area contributed by atoms with Crippen molar-refractivity contribution in [1.29, 1.82) is 0 Å². The molecule has 0 bridgehead atoms. The molecule has 5 rings (SSSR count). The minimum atomic E-state index is -0.602. The number of nitrogens with zero attached hydrogens (tertiary/aromatic N) is 1.